The first kappa shape index (κ1) is 26.9. The van der Waals surface area contributed by atoms with Gasteiger partial charge in [-0.05, 0) is 44.0 Å². The lowest BCUT2D eigenvalue weighted by atomic mass is 10.0. The van der Waals surface area contributed by atoms with E-state index >= 15 is 0 Å². The predicted octanol–water partition coefficient (Wildman–Crippen LogP) is 4.52. The van der Waals surface area contributed by atoms with Gasteiger partial charge < -0.3 is 9.80 Å². The van der Waals surface area contributed by atoms with E-state index in [1.54, 1.807) is 34.6 Å². The van der Waals surface area contributed by atoms with Crippen molar-refractivity contribution in [2.45, 2.75) is 40.2 Å². The molecule has 1 amide bonds. The Morgan fingerprint density at radius 3 is 2.41 bits per heavy atom. The van der Waals surface area contributed by atoms with E-state index < -0.39 is 0 Å². The van der Waals surface area contributed by atoms with Gasteiger partial charge in [-0.25, -0.2) is 4.39 Å². The van der Waals surface area contributed by atoms with Gasteiger partial charge in [0.15, 0.2) is 0 Å². The van der Waals surface area contributed by atoms with Crippen molar-refractivity contribution in [1.29, 1.82) is 5.26 Å². The maximum Gasteiger partial charge on any atom is 0.270 e. The Balaban J connectivity index is 1.81. The van der Waals surface area contributed by atoms with Crippen molar-refractivity contribution in [2.24, 2.45) is 0 Å². The van der Waals surface area contributed by atoms with E-state index in [0.717, 1.165) is 12.8 Å². The number of likely N-dealkylation sites (N-methyl/N-ethyl adjacent to an activating group) is 1. The molecule has 7 nitrogen and oxygen atoms in total. The number of para-hydroxylation sites is 1. The van der Waals surface area contributed by atoms with Crippen LogP contribution in [0.2, 0.25) is 0 Å². The topological polar surface area (TPSA) is 72.6 Å². The molecule has 0 aliphatic carbocycles. The van der Waals surface area contributed by atoms with Crippen molar-refractivity contribution in [3.63, 3.8) is 0 Å². The molecule has 0 atom stereocenters. The summed E-state index contributed by atoms with van der Waals surface area (Å²) in [7, 11) is 0. The fraction of sp³-hybridized carbons (Fsp3) is 0.407. The van der Waals surface area contributed by atoms with Gasteiger partial charge >= 0.3 is 0 Å². The first-order chi connectivity index (χ1) is 17.8. The number of thiocarbonyl (C=S) groups is 1. The molecule has 194 valence electrons. The monoisotopic (exact) mass is 539 g/mol. The van der Waals surface area contributed by atoms with Crippen molar-refractivity contribution < 1.29 is 9.18 Å². The second-order valence-corrected chi connectivity index (χ2v) is 10.7. The minimum absolute atomic E-state index is 0.0852. The Hall–Kier alpha value is -3.16. The molecular weight excluding hydrogens is 509 g/mol. The molecule has 1 aromatic carbocycles. The lowest BCUT2D eigenvalue weighted by molar-refractivity contribution is -0.121. The zero-order chi connectivity index (χ0) is 26.7. The first-order valence-electron chi connectivity index (χ1n) is 12.5. The molecule has 2 fully saturated rings. The highest BCUT2D eigenvalue weighted by atomic mass is 32.2. The summed E-state index contributed by atoms with van der Waals surface area (Å²) in [4.78, 5) is 32.6. The van der Waals surface area contributed by atoms with Crippen LogP contribution in [0.15, 0.2) is 34.0 Å². The number of pyridine rings is 1. The Kier molecular flexibility index (Phi) is 8.35. The van der Waals surface area contributed by atoms with Gasteiger partial charge in [-0.3, -0.25) is 19.1 Å². The Morgan fingerprint density at radius 1 is 1.14 bits per heavy atom. The number of hydrogen-bond acceptors (Lipinski definition) is 7. The summed E-state index contributed by atoms with van der Waals surface area (Å²) in [5.41, 5.74) is 1.56. The van der Waals surface area contributed by atoms with Crippen LogP contribution in [-0.4, -0.2) is 52.4 Å². The molecule has 0 bridgehead atoms. The predicted molar refractivity (Wildman–Crippen MR) is 151 cm³/mol. The van der Waals surface area contributed by atoms with Crippen LogP contribution in [0.1, 0.15) is 43.4 Å². The van der Waals surface area contributed by atoms with Crippen molar-refractivity contribution in [3.8, 4) is 6.07 Å². The van der Waals surface area contributed by atoms with Gasteiger partial charge in [0.2, 0.25) is 0 Å². The van der Waals surface area contributed by atoms with Crippen molar-refractivity contribution in [2.75, 3.05) is 42.5 Å². The van der Waals surface area contributed by atoms with Gasteiger partial charge in [-0.15, -0.1) is 0 Å². The molecule has 0 saturated carbocycles. The minimum Gasteiger partial charge on any atom is -0.366 e. The van der Waals surface area contributed by atoms with E-state index in [1.807, 2.05) is 24.8 Å². The van der Waals surface area contributed by atoms with Gasteiger partial charge in [-0.1, -0.05) is 49.5 Å². The van der Waals surface area contributed by atoms with Crippen LogP contribution in [-0.2, 0) is 11.3 Å². The van der Waals surface area contributed by atoms with Crippen LogP contribution in [0.25, 0.3) is 6.08 Å². The average molecular weight is 540 g/mol. The maximum atomic E-state index is 14.4. The normalized spacial score (nSPS) is 17.2. The lowest BCUT2D eigenvalue weighted by Crippen LogP contribution is -2.49. The van der Waals surface area contributed by atoms with Crippen LogP contribution < -0.4 is 15.4 Å². The number of amides is 1. The Morgan fingerprint density at radius 2 is 1.81 bits per heavy atom. The first-order valence-corrected chi connectivity index (χ1v) is 13.7. The smallest absolute Gasteiger partial charge is 0.270 e. The molecule has 2 aliphatic rings. The van der Waals surface area contributed by atoms with E-state index in [2.05, 4.69) is 11.0 Å². The SMILES string of the molecule is CCCCn1c(N2CCN(c3ccccc3F)CC2)c(/C=C2\SC(=S)N(CC)C2=O)c(C)c(C#N)c1=O. The van der Waals surface area contributed by atoms with E-state index in [9.17, 15) is 19.2 Å². The van der Waals surface area contributed by atoms with Crippen molar-refractivity contribution in [3.05, 3.63) is 62.0 Å². The quantitative estimate of drug-likeness (QED) is 0.379. The third kappa shape index (κ3) is 5.15. The fourth-order valence-electron chi connectivity index (χ4n) is 4.78. The van der Waals surface area contributed by atoms with Crippen LogP contribution in [0.3, 0.4) is 0 Å². The van der Waals surface area contributed by atoms with Crippen LogP contribution in [0, 0.1) is 24.1 Å². The molecule has 2 aliphatic heterocycles. The zero-order valence-corrected chi connectivity index (χ0v) is 22.9. The lowest BCUT2D eigenvalue weighted by Gasteiger charge is -2.39. The van der Waals surface area contributed by atoms with Crippen molar-refractivity contribution >= 4 is 51.8 Å². The summed E-state index contributed by atoms with van der Waals surface area (Å²) >= 11 is 6.63. The van der Waals surface area contributed by atoms with E-state index in [-0.39, 0.29) is 22.8 Å². The largest absolute Gasteiger partial charge is 0.366 e. The number of rotatable bonds is 7. The number of nitriles is 1. The number of aromatic nitrogens is 1. The van der Waals surface area contributed by atoms with Crippen LogP contribution in [0.4, 0.5) is 15.9 Å². The molecule has 10 heteroatoms. The number of piperazine rings is 1. The molecule has 37 heavy (non-hydrogen) atoms. The third-order valence-corrected chi connectivity index (χ3v) is 8.20. The van der Waals surface area contributed by atoms with Crippen LogP contribution in [0.5, 0.6) is 0 Å². The van der Waals surface area contributed by atoms with E-state index in [4.69, 9.17) is 12.2 Å². The highest BCUT2D eigenvalue weighted by molar-refractivity contribution is 8.26. The molecule has 2 saturated heterocycles. The average Bonchev–Trinajstić information content (AvgIpc) is 3.17. The molecule has 0 radical (unpaired) electrons. The highest BCUT2D eigenvalue weighted by Gasteiger charge is 2.33. The molecule has 0 N–H and O–H groups in total. The highest BCUT2D eigenvalue weighted by Crippen LogP contribution is 2.36. The zero-order valence-electron chi connectivity index (χ0n) is 21.3. The second kappa shape index (κ2) is 11.5. The van der Waals surface area contributed by atoms with Crippen LogP contribution >= 0.6 is 24.0 Å². The van der Waals surface area contributed by atoms with Gasteiger partial charge in [-0.2, -0.15) is 5.26 Å². The molecular formula is C27H30FN5O2S2. The van der Waals surface area contributed by atoms with Gasteiger partial charge in [0.05, 0.1) is 10.6 Å². The summed E-state index contributed by atoms with van der Waals surface area (Å²) in [5, 5.41) is 9.86. The number of thioether (sulfide) groups is 1. The molecule has 2 aromatic rings. The van der Waals surface area contributed by atoms with E-state index in [0.29, 0.717) is 71.1 Å². The van der Waals surface area contributed by atoms with Gasteiger partial charge in [0, 0.05) is 44.8 Å². The standard InChI is InChI=1S/C27H30FN5O2S2/c1-4-6-11-33-24(31-14-12-30(13-15-31)22-10-8-7-9-21(22)28)19(18(3)20(17-29)25(33)34)16-23-26(35)32(5-2)27(36)37-23/h7-10,16H,4-6,11-15H2,1-3H3/b23-16-. The summed E-state index contributed by atoms with van der Waals surface area (Å²) in [6.45, 7) is 8.87. The van der Waals surface area contributed by atoms with Crippen molar-refractivity contribution in [1.82, 2.24) is 9.47 Å². The summed E-state index contributed by atoms with van der Waals surface area (Å²) < 4.78 is 16.6. The maximum absolute atomic E-state index is 14.4. The number of nitrogens with zero attached hydrogens (tertiary/aromatic N) is 5. The number of benzene rings is 1. The number of carbonyl (C=O) groups excluding carboxylic acids is 1. The fourth-order valence-corrected chi connectivity index (χ4v) is 6.15. The minimum atomic E-state index is -0.321. The number of carbonyl (C=O) groups is 1. The van der Waals surface area contributed by atoms with E-state index in [1.165, 1.54) is 17.8 Å². The number of anilines is 2. The molecule has 4 rings (SSSR count). The van der Waals surface area contributed by atoms with Gasteiger partial charge in [0.1, 0.15) is 27.6 Å². The molecule has 0 unspecified atom stereocenters. The van der Waals surface area contributed by atoms with Gasteiger partial charge in [0.25, 0.3) is 11.5 Å². The summed E-state index contributed by atoms with van der Waals surface area (Å²) in [5.74, 6) is 0.269. The third-order valence-electron chi connectivity index (χ3n) is 6.82. The number of hydrogen-bond donors (Lipinski definition) is 0. The summed E-state index contributed by atoms with van der Waals surface area (Å²) in [6.07, 6.45) is 3.44. The molecule has 3 heterocycles. The Bertz CT molecular complexity index is 1360. The number of unbranched alkanes of at least 4 members (excludes halogenated alkanes) is 1. The second-order valence-electron chi connectivity index (χ2n) is 9.01. The summed E-state index contributed by atoms with van der Waals surface area (Å²) in [6, 6.07) is 8.82. The molecule has 0 spiro atoms. The number of halogens is 1. The Labute approximate surface area is 226 Å². The molecule has 1 aromatic heterocycles.